The first kappa shape index (κ1) is 11.7. The average Bonchev–Trinajstić information content (AvgIpc) is 2.71. The van der Waals surface area contributed by atoms with Gasteiger partial charge >= 0.3 is 0 Å². The molecule has 0 bridgehead atoms. The van der Waals surface area contributed by atoms with E-state index in [4.69, 9.17) is 5.73 Å². The molecule has 90 valence electrons. The van der Waals surface area contributed by atoms with Crippen LogP contribution in [0.3, 0.4) is 0 Å². The second kappa shape index (κ2) is 5.05. The van der Waals surface area contributed by atoms with Gasteiger partial charge in [-0.15, -0.1) is 0 Å². The molecule has 2 rings (SSSR count). The van der Waals surface area contributed by atoms with Crippen molar-refractivity contribution in [3.05, 3.63) is 53.4 Å². The fourth-order valence-corrected chi connectivity index (χ4v) is 1.61. The van der Waals surface area contributed by atoms with Gasteiger partial charge in [0, 0.05) is 17.8 Å². The summed E-state index contributed by atoms with van der Waals surface area (Å²) in [7, 11) is 0. The fourth-order valence-electron chi connectivity index (χ4n) is 1.61. The average molecular weight is 237 g/mol. The molecule has 2 aromatic rings. The summed E-state index contributed by atoms with van der Waals surface area (Å²) < 4.78 is 27.7. The molecule has 2 N–H and O–H groups in total. The number of nitrogens with zero attached hydrogens (tertiary/aromatic N) is 2. The highest BCUT2D eigenvalue weighted by Crippen LogP contribution is 2.11. The van der Waals surface area contributed by atoms with Crippen molar-refractivity contribution in [2.45, 2.75) is 13.0 Å². The maximum Gasteiger partial charge on any atom is 0.131 e. The lowest BCUT2D eigenvalue weighted by molar-refractivity contribution is 0.558. The molecule has 0 saturated heterocycles. The third-order valence-corrected chi connectivity index (χ3v) is 2.47. The van der Waals surface area contributed by atoms with Gasteiger partial charge in [0.25, 0.3) is 0 Å². The van der Waals surface area contributed by atoms with Gasteiger partial charge in [-0.1, -0.05) is 6.07 Å². The van der Waals surface area contributed by atoms with Crippen LogP contribution >= 0.6 is 0 Å². The third kappa shape index (κ3) is 2.88. The van der Waals surface area contributed by atoms with Crippen molar-refractivity contribution in [2.75, 3.05) is 6.54 Å². The van der Waals surface area contributed by atoms with Crippen LogP contribution in [0.5, 0.6) is 0 Å². The van der Waals surface area contributed by atoms with Gasteiger partial charge in [-0.25, -0.2) is 8.78 Å². The monoisotopic (exact) mass is 237 g/mol. The number of aromatic nitrogens is 2. The van der Waals surface area contributed by atoms with Crippen LogP contribution < -0.4 is 5.73 Å². The van der Waals surface area contributed by atoms with E-state index in [0.29, 0.717) is 12.1 Å². The zero-order valence-electron chi connectivity index (χ0n) is 9.24. The molecule has 5 heteroatoms. The van der Waals surface area contributed by atoms with E-state index in [1.807, 2.05) is 6.20 Å². The van der Waals surface area contributed by atoms with Crippen molar-refractivity contribution in [3.63, 3.8) is 0 Å². The van der Waals surface area contributed by atoms with Crippen molar-refractivity contribution < 1.29 is 8.78 Å². The fraction of sp³-hybridized carbons (Fsp3) is 0.250. The van der Waals surface area contributed by atoms with Crippen LogP contribution in [0.4, 0.5) is 8.78 Å². The van der Waals surface area contributed by atoms with E-state index in [1.165, 1.54) is 12.1 Å². The zero-order valence-corrected chi connectivity index (χ0v) is 9.24. The summed E-state index contributed by atoms with van der Waals surface area (Å²) in [6.07, 6.45) is 4.26. The predicted molar refractivity (Wildman–Crippen MR) is 60.4 cm³/mol. The lowest BCUT2D eigenvalue weighted by Crippen LogP contribution is -2.03. The molecule has 1 heterocycles. The highest BCUT2D eigenvalue weighted by atomic mass is 19.1. The van der Waals surface area contributed by atoms with E-state index in [2.05, 4.69) is 5.10 Å². The Morgan fingerprint density at radius 3 is 2.82 bits per heavy atom. The number of halogens is 2. The van der Waals surface area contributed by atoms with E-state index in [1.54, 1.807) is 10.9 Å². The van der Waals surface area contributed by atoms with E-state index in [-0.39, 0.29) is 6.54 Å². The molecule has 0 aliphatic heterocycles. The maximum atomic E-state index is 13.4. The second-order valence-electron chi connectivity index (χ2n) is 3.82. The van der Waals surface area contributed by atoms with Gasteiger partial charge in [-0.2, -0.15) is 5.10 Å². The van der Waals surface area contributed by atoms with Crippen LogP contribution in [0.25, 0.3) is 0 Å². The van der Waals surface area contributed by atoms with Crippen LogP contribution in [-0.4, -0.2) is 16.3 Å². The molecule has 0 amide bonds. The van der Waals surface area contributed by atoms with Crippen LogP contribution in [0.15, 0.2) is 30.6 Å². The summed E-state index contributed by atoms with van der Waals surface area (Å²) in [6, 6.07) is 3.54. The molecule has 0 spiro atoms. The van der Waals surface area contributed by atoms with Crippen LogP contribution in [-0.2, 0) is 13.0 Å². The van der Waals surface area contributed by atoms with Crippen molar-refractivity contribution in [1.29, 1.82) is 0 Å². The number of hydrogen-bond acceptors (Lipinski definition) is 2. The van der Waals surface area contributed by atoms with Crippen molar-refractivity contribution >= 4 is 0 Å². The summed E-state index contributed by atoms with van der Waals surface area (Å²) in [5.74, 6) is -1.13. The molecule has 1 aromatic heterocycles. The first-order valence-electron chi connectivity index (χ1n) is 5.34. The molecule has 3 nitrogen and oxygen atoms in total. The third-order valence-electron chi connectivity index (χ3n) is 2.47. The smallest absolute Gasteiger partial charge is 0.131 e. The van der Waals surface area contributed by atoms with E-state index in [9.17, 15) is 8.78 Å². The normalized spacial score (nSPS) is 10.8. The maximum absolute atomic E-state index is 13.4. The van der Waals surface area contributed by atoms with Crippen LogP contribution in [0.2, 0.25) is 0 Å². The summed E-state index contributed by atoms with van der Waals surface area (Å²) in [5, 5.41) is 4.09. The number of nitrogens with two attached hydrogens (primary N) is 1. The Labute approximate surface area is 97.9 Å². The van der Waals surface area contributed by atoms with Crippen molar-refractivity contribution in [2.24, 2.45) is 5.73 Å². The van der Waals surface area contributed by atoms with Gasteiger partial charge in [-0.05, 0) is 24.6 Å². The molecule has 0 radical (unpaired) electrons. The Hall–Kier alpha value is -1.75. The van der Waals surface area contributed by atoms with Gasteiger partial charge in [0.05, 0.1) is 12.7 Å². The minimum Gasteiger partial charge on any atom is -0.330 e. The van der Waals surface area contributed by atoms with Gasteiger partial charge < -0.3 is 5.73 Å². The van der Waals surface area contributed by atoms with Crippen molar-refractivity contribution in [3.8, 4) is 0 Å². The SMILES string of the molecule is NCCc1cnn(Cc2ccc(F)cc2F)c1. The van der Waals surface area contributed by atoms with E-state index in [0.717, 1.165) is 18.1 Å². The highest BCUT2D eigenvalue weighted by Gasteiger charge is 2.05. The van der Waals surface area contributed by atoms with Gasteiger partial charge in [0.1, 0.15) is 11.6 Å². The number of hydrogen-bond donors (Lipinski definition) is 1. The molecule has 0 fully saturated rings. The second-order valence-corrected chi connectivity index (χ2v) is 3.82. The topological polar surface area (TPSA) is 43.8 Å². The molecular weight excluding hydrogens is 224 g/mol. The molecule has 0 aliphatic rings. The quantitative estimate of drug-likeness (QED) is 0.879. The minimum absolute atomic E-state index is 0.288. The summed E-state index contributed by atoms with van der Waals surface area (Å²) in [5.41, 5.74) is 6.84. The number of benzene rings is 1. The van der Waals surface area contributed by atoms with Crippen molar-refractivity contribution in [1.82, 2.24) is 9.78 Å². The van der Waals surface area contributed by atoms with E-state index >= 15 is 0 Å². The zero-order chi connectivity index (χ0) is 12.3. The van der Waals surface area contributed by atoms with E-state index < -0.39 is 11.6 Å². The van der Waals surface area contributed by atoms with Gasteiger partial charge in [0.2, 0.25) is 0 Å². The Morgan fingerprint density at radius 1 is 1.29 bits per heavy atom. The van der Waals surface area contributed by atoms with Crippen LogP contribution in [0, 0.1) is 11.6 Å². The molecule has 0 unspecified atom stereocenters. The summed E-state index contributed by atoms with van der Waals surface area (Å²) >= 11 is 0. The lowest BCUT2D eigenvalue weighted by Gasteiger charge is -2.03. The molecular formula is C12H13F2N3. The Kier molecular flexibility index (Phi) is 3.49. The first-order chi connectivity index (χ1) is 8.19. The van der Waals surface area contributed by atoms with Gasteiger partial charge in [0.15, 0.2) is 0 Å². The molecule has 0 aliphatic carbocycles. The van der Waals surface area contributed by atoms with Crippen LogP contribution in [0.1, 0.15) is 11.1 Å². The number of rotatable bonds is 4. The molecule has 0 saturated carbocycles. The summed E-state index contributed by atoms with van der Waals surface area (Å²) in [4.78, 5) is 0. The highest BCUT2D eigenvalue weighted by molar-refractivity contribution is 5.19. The standard InChI is InChI=1S/C12H13F2N3/c13-11-2-1-10(12(14)5-11)8-17-7-9(3-4-15)6-16-17/h1-2,5-7H,3-4,8,15H2. The first-order valence-corrected chi connectivity index (χ1v) is 5.34. The molecule has 1 aromatic carbocycles. The Bertz CT molecular complexity index is 508. The largest absolute Gasteiger partial charge is 0.330 e. The Balaban J connectivity index is 2.13. The lowest BCUT2D eigenvalue weighted by atomic mass is 10.2. The minimum atomic E-state index is -0.574. The summed E-state index contributed by atoms with van der Waals surface area (Å²) in [6.45, 7) is 0.841. The molecule has 0 atom stereocenters. The Morgan fingerprint density at radius 2 is 2.12 bits per heavy atom. The predicted octanol–water partition coefficient (Wildman–Crippen LogP) is 1.71. The van der Waals surface area contributed by atoms with Gasteiger partial charge in [-0.3, -0.25) is 4.68 Å². The molecule has 17 heavy (non-hydrogen) atoms.